The molecule has 25 heavy (non-hydrogen) atoms. The lowest BCUT2D eigenvalue weighted by Crippen LogP contribution is -2.37. The summed E-state index contributed by atoms with van der Waals surface area (Å²) in [5.41, 5.74) is -0.0880. The monoisotopic (exact) mass is 346 g/mol. The van der Waals surface area contributed by atoms with Crippen molar-refractivity contribution in [2.45, 2.75) is 0 Å². The van der Waals surface area contributed by atoms with Gasteiger partial charge in [0.15, 0.2) is 0 Å². The van der Waals surface area contributed by atoms with Crippen LogP contribution >= 0.6 is 0 Å². The average Bonchev–Trinajstić information content (AvgIpc) is 2.62. The van der Waals surface area contributed by atoms with Gasteiger partial charge in [0.25, 0.3) is 5.69 Å². The topological polar surface area (TPSA) is 137 Å². The van der Waals surface area contributed by atoms with Crippen LogP contribution in [0.5, 0.6) is 0 Å². The van der Waals surface area contributed by atoms with Crippen LogP contribution in [0.25, 0.3) is 0 Å². The van der Waals surface area contributed by atoms with Crippen LogP contribution in [0.3, 0.4) is 0 Å². The van der Waals surface area contributed by atoms with Crippen molar-refractivity contribution in [1.82, 2.24) is 9.97 Å². The predicted molar refractivity (Wildman–Crippen MR) is 88.1 cm³/mol. The highest BCUT2D eigenvalue weighted by molar-refractivity contribution is 5.75. The Morgan fingerprint density at radius 2 is 1.88 bits per heavy atom. The Morgan fingerprint density at radius 1 is 1.12 bits per heavy atom. The van der Waals surface area contributed by atoms with E-state index < -0.39 is 9.85 Å². The van der Waals surface area contributed by atoms with E-state index in [1.165, 1.54) is 24.5 Å². The van der Waals surface area contributed by atoms with E-state index >= 15 is 0 Å². The Kier molecular flexibility index (Phi) is 4.66. The molecule has 130 valence electrons. The summed E-state index contributed by atoms with van der Waals surface area (Å²) < 4.78 is 5.25. The molecule has 1 saturated heterocycles. The molecular weight excluding hydrogens is 332 g/mol. The maximum Gasteiger partial charge on any atom is 0.353 e. The Morgan fingerprint density at radius 3 is 2.56 bits per heavy atom. The first-order valence-electron chi connectivity index (χ1n) is 7.40. The highest BCUT2D eigenvalue weighted by atomic mass is 16.6. The zero-order valence-electron chi connectivity index (χ0n) is 13.0. The molecule has 1 aromatic carbocycles. The van der Waals surface area contributed by atoms with Crippen molar-refractivity contribution >= 4 is 28.7 Å². The normalized spacial score (nSPS) is 14.2. The standard InChI is InChI=1S/C14H14N6O5/c21-19(22)11-3-1-2-10(8-11)17-13-12(20(23)24)14(16-9-15-13)18-4-6-25-7-5-18/h1-3,8-9H,4-7H2,(H,15,16,17). The largest absolute Gasteiger partial charge is 0.378 e. The maximum absolute atomic E-state index is 11.6. The zero-order chi connectivity index (χ0) is 17.8. The van der Waals surface area contributed by atoms with Gasteiger partial charge in [-0.15, -0.1) is 0 Å². The molecule has 1 aliphatic rings. The SMILES string of the molecule is O=[N+]([O-])c1cccc(Nc2ncnc(N3CCOCC3)c2[N+](=O)[O-])c1. The average molecular weight is 346 g/mol. The molecule has 0 unspecified atom stereocenters. The molecule has 11 heteroatoms. The minimum atomic E-state index is -0.565. The first-order chi connectivity index (χ1) is 12.1. The molecule has 1 N–H and O–H groups in total. The van der Waals surface area contributed by atoms with E-state index in [9.17, 15) is 20.2 Å². The lowest BCUT2D eigenvalue weighted by molar-refractivity contribution is -0.384. The number of benzene rings is 1. The third-order valence-electron chi connectivity index (χ3n) is 3.62. The number of nitrogens with zero attached hydrogens (tertiary/aromatic N) is 5. The summed E-state index contributed by atoms with van der Waals surface area (Å²) in [6.45, 7) is 1.87. The van der Waals surface area contributed by atoms with Crippen LogP contribution in [0.4, 0.5) is 28.7 Å². The van der Waals surface area contributed by atoms with E-state index in [1.807, 2.05) is 0 Å². The molecule has 0 radical (unpaired) electrons. The number of hydrogen-bond acceptors (Lipinski definition) is 9. The number of nitro benzene ring substituents is 1. The minimum absolute atomic E-state index is 0.0259. The number of aromatic nitrogens is 2. The van der Waals surface area contributed by atoms with Crippen LogP contribution in [0, 0.1) is 20.2 Å². The maximum atomic E-state index is 11.6. The summed E-state index contributed by atoms with van der Waals surface area (Å²) >= 11 is 0. The van der Waals surface area contributed by atoms with Gasteiger partial charge < -0.3 is 15.0 Å². The van der Waals surface area contributed by atoms with Crippen molar-refractivity contribution in [2.24, 2.45) is 0 Å². The Hall–Kier alpha value is -3.34. The summed E-state index contributed by atoms with van der Waals surface area (Å²) in [5, 5.41) is 25.2. The van der Waals surface area contributed by atoms with Crippen molar-refractivity contribution in [1.29, 1.82) is 0 Å². The molecule has 1 aromatic heterocycles. The van der Waals surface area contributed by atoms with Gasteiger partial charge in [0.2, 0.25) is 11.6 Å². The summed E-state index contributed by atoms with van der Waals surface area (Å²) in [6.07, 6.45) is 1.22. The van der Waals surface area contributed by atoms with Crippen LogP contribution in [-0.4, -0.2) is 46.1 Å². The van der Waals surface area contributed by atoms with Gasteiger partial charge in [-0.2, -0.15) is 0 Å². The number of non-ortho nitro benzene ring substituents is 1. The van der Waals surface area contributed by atoms with Crippen LogP contribution < -0.4 is 10.2 Å². The van der Waals surface area contributed by atoms with Gasteiger partial charge in [-0.25, -0.2) is 9.97 Å². The molecule has 3 rings (SSSR count). The summed E-state index contributed by atoms with van der Waals surface area (Å²) in [5.74, 6) is 0.165. The van der Waals surface area contributed by atoms with Crippen LogP contribution in [0.1, 0.15) is 0 Å². The number of rotatable bonds is 5. The summed E-state index contributed by atoms with van der Waals surface area (Å²) in [6, 6.07) is 5.66. The van der Waals surface area contributed by atoms with Crippen LogP contribution in [-0.2, 0) is 4.74 Å². The molecule has 2 heterocycles. The van der Waals surface area contributed by atoms with Crippen molar-refractivity contribution < 1.29 is 14.6 Å². The van der Waals surface area contributed by atoms with Gasteiger partial charge in [0.1, 0.15) is 6.33 Å². The van der Waals surface area contributed by atoms with Crippen molar-refractivity contribution in [2.75, 3.05) is 36.5 Å². The van der Waals surface area contributed by atoms with E-state index in [0.29, 0.717) is 32.0 Å². The van der Waals surface area contributed by atoms with Crippen molar-refractivity contribution in [3.05, 3.63) is 50.8 Å². The Balaban J connectivity index is 1.97. The van der Waals surface area contributed by atoms with Gasteiger partial charge in [-0.05, 0) is 6.07 Å². The van der Waals surface area contributed by atoms with Crippen molar-refractivity contribution in [3.8, 4) is 0 Å². The van der Waals surface area contributed by atoms with Gasteiger partial charge in [-0.1, -0.05) is 6.07 Å². The molecule has 11 nitrogen and oxygen atoms in total. The fourth-order valence-corrected chi connectivity index (χ4v) is 2.47. The fourth-order valence-electron chi connectivity index (χ4n) is 2.47. The van der Waals surface area contributed by atoms with E-state index in [0.717, 1.165) is 0 Å². The molecule has 1 aliphatic heterocycles. The molecule has 0 spiro atoms. The number of nitrogens with one attached hydrogen (secondary N) is 1. The fraction of sp³-hybridized carbons (Fsp3) is 0.286. The van der Waals surface area contributed by atoms with E-state index in [4.69, 9.17) is 4.74 Å². The molecular formula is C14H14N6O5. The van der Waals surface area contributed by atoms with Gasteiger partial charge >= 0.3 is 5.69 Å². The molecule has 0 amide bonds. The quantitative estimate of drug-likeness (QED) is 0.635. The molecule has 0 aliphatic carbocycles. The van der Waals surface area contributed by atoms with E-state index in [-0.39, 0.29) is 23.0 Å². The molecule has 0 bridgehead atoms. The molecule has 0 atom stereocenters. The third-order valence-corrected chi connectivity index (χ3v) is 3.62. The van der Waals surface area contributed by atoms with Crippen molar-refractivity contribution in [3.63, 3.8) is 0 Å². The van der Waals surface area contributed by atoms with Gasteiger partial charge in [0.05, 0.1) is 23.1 Å². The van der Waals surface area contributed by atoms with Crippen LogP contribution in [0.2, 0.25) is 0 Å². The van der Waals surface area contributed by atoms with Crippen LogP contribution in [0.15, 0.2) is 30.6 Å². The van der Waals surface area contributed by atoms with Gasteiger partial charge in [-0.3, -0.25) is 20.2 Å². The smallest absolute Gasteiger partial charge is 0.353 e. The number of ether oxygens (including phenoxy) is 1. The summed E-state index contributed by atoms with van der Waals surface area (Å²) in [7, 11) is 0. The second-order valence-electron chi connectivity index (χ2n) is 5.18. The third kappa shape index (κ3) is 3.61. The Labute approximate surface area is 141 Å². The molecule has 2 aromatic rings. The minimum Gasteiger partial charge on any atom is -0.378 e. The first-order valence-corrected chi connectivity index (χ1v) is 7.40. The summed E-state index contributed by atoms with van der Waals surface area (Å²) in [4.78, 5) is 31.1. The second-order valence-corrected chi connectivity index (χ2v) is 5.18. The van der Waals surface area contributed by atoms with Gasteiger partial charge in [0, 0.05) is 30.9 Å². The number of hydrogen-bond donors (Lipinski definition) is 1. The highest BCUT2D eigenvalue weighted by Gasteiger charge is 2.28. The second kappa shape index (κ2) is 7.05. The highest BCUT2D eigenvalue weighted by Crippen LogP contribution is 2.34. The predicted octanol–water partition coefficient (Wildman–Crippen LogP) is 1.87. The molecule has 0 saturated carbocycles. The lowest BCUT2D eigenvalue weighted by Gasteiger charge is -2.27. The Bertz CT molecular complexity index is 808. The number of anilines is 3. The lowest BCUT2D eigenvalue weighted by atomic mass is 10.2. The number of nitro groups is 2. The van der Waals surface area contributed by atoms with E-state index in [2.05, 4.69) is 15.3 Å². The number of morpholine rings is 1. The zero-order valence-corrected chi connectivity index (χ0v) is 13.0. The molecule has 1 fully saturated rings. The van der Waals surface area contributed by atoms with E-state index in [1.54, 1.807) is 11.0 Å². The first kappa shape index (κ1) is 16.5.